The lowest BCUT2D eigenvalue weighted by Crippen LogP contribution is -2.42. The smallest absolute Gasteiger partial charge is 0.251 e. The van der Waals surface area contributed by atoms with Crippen LogP contribution in [0.15, 0.2) is 97.1 Å². The van der Waals surface area contributed by atoms with Crippen LogP contribution in [-0.4, -0.2) is 45.6 Å². The maximum atomic E-state index is 14.1. The van der Waals surface area contributed by atoms with Crippen molar-refractivity contribution >= 4 is 28.5 Å². The summed E-state index contributed by atoms with van der Waals surface area (Å²) in [6.07, 6.45) is 0. The van der Waals surface area contributed by atoms with Crippen LogP contribution in [-0.2, 0) is 22.7 Å². The Morgan fingerprint density at radius 3 is 2.51 bits per heavy atom. The van der Waals surface area contributed by atoms with Crippen molar-refractivity contribution in [3.05, 3.63) is 108 Å². The average Bonchev–Trinajstić information content (AvgIpc) is 3.64. The molecule has 1 unspecified atom stereocenters. The fourth-order valence-corrected chi connectivity index (χ4v) is 4.80. The van der Waals surface area contributed by atoms with E-state index >= 15 is 0 Å². The van der Waals surface area contributed by atoms with Crippen LogP contribution in [0, 0.1) is 0 Å². The largest absolute Gasteiger partial charge is 0.497 e. The van der Waals surface area contributed by atoms with Gasteiger partial charge in [-0.05, 0) is 59.7 Å². The Kier molecular flexibility index (Phi) is 7.19. The van der Waals surface area contributed by atoms with Crippen molar-refractivity contribution < 1.29 is 23.8 Å². The number of amides is 2. The molecule has 10 heteroatoms. The molecule has 2 heterocycles. The lowest BCUT2D eigenvalue weighted by atomic mass is 10.0. The van der Waals surface area contributed by atoms with Crippen molar-refractivity contribution in [2.45, 2.75) is 19.1 Å². The molecule has 1 atom stereocenters. The molecule has 1 aliphatic heterocycles. The third kappa shape index (κ3) is 5.53. The second-order valence-corrected chi connectivity index (χ2v) is 9.48. The van der Waals surface area contributed by atoms with Gasteiger partial charge < -0.3 is 24.4 Å². The third-order valence-electron chi connectivity index (χ3n) is 6.85. The molecule has 6 rings (SSSR count). The number of rotatable bonds is 9. The predicted molar refractivity (Wildman–Crippen MR) is 151 cm³/mol. The van der Waals surface area contributed by atoms with Crippen LogP contribution in [0.4, 0.5) is 5.69 Å². The number of para-hydroxylation sites is 1. The van der Waals surface area contributed by atoms with Gasteiger partial charge in [-0.15, -0.1) is 5.10 Å². The van der Waals surface area contributed by atoms with Crippen LogP contribution in [0.3, 0.4) is 0 Å². The summed E-state index contributed by atoms with van der Waals surface area (Å²) in [7, 11) is 1.58. The molecule has 0 fully saturated rings. The number of carbonyl (C=O) groups excluding carboxylic acids is 2. The number of hydrogen-bond donors (Lipinski definition) is 1. The van der Waals surface area contributed by atoms with Crippen molar-refractivity contribution in [3.8, 4) is 17.2 Å². The van der Waals surface area contributed by atoms with E-state index in [1.165, 1.54) is 0 Å². The van der Waals surface area contributed by atoms with E-state index in [-0.39, 0.29) is 31.7 Å². The van der Waals surface area contributed by atoms with E-state index in [0.29, 0.717) is 34.0 Å². The number of nitrogens with zero attached hydrogens (tertiary/aromatic N) is 4. The van der Waals surface area contributed by atoms with Gasteiger partial charge >= 0.3 is 0 Å². The average molecular weight is 550 g/mol. The lowest BCUT2D eigenvalue weighted by molar-refractivity contribution is -0.140. The molecule has 41 heavy (non-hydrogen) atoms. The fourth-order valence-electron chi connectivity index (χ4n) is 4.80. The standard InChI is InChI=1S/C31H27N5O5/c1-39-24-14-12-23(13-15-24)32-31(38)30(22-11-16-27-28(17-22)41-20-40-27)35(18-21-7-3-2-4-8-21)29(37)19-36-26-10-6-5-9-25(26)33-34-36/h2-17,30H,18-20H2,1H3,(H,32,38). The zero-order chi connectivity index (χ0) is 28.2. The summed E-state index contributed by atoms with van der Waals surface area (Å²) < 4.78 is 17.9. The lowest BCUT2D eigenvalue weighted by Gasteiger charge is -2.32. The summed E-state index contributed by atoms with van der Waals surface area (Å²) in [6.45, 7) is 0.166. The van der Waals surface area contributed by atoms with Gasteiger partial charge in [-0.3, -0.25) is 9.59 Å². The van der Waals surface area contributed by atoms with E-state index in [2.05, 4.69) is 15.6 Å². The number of benzene rings is 4. The monoisotopic (exact) mass is 549 g/mol. The molecular weight excluding hydrogens is 522 g/mol. The zero-order valence-electron chi connectivity index (χ0n) is 22.3. The molecule has 0 aliphatic carbocycles. The van der Waals surface area contributed by atoms with Crippen molar-refractivity contribution in [3.63, 3.8) is 0 Å². The van der Waals surface area contributed by atoms with Crippen LogP contribution in [0.1, 0.15) is 17.2 Å². The van der Waals surface area contributed by atoms with Gasteiger partial charge in [0.15, 0.2) is 11.5 Å². The maximum Gasteiger partial charge on any atom is 0.251 e. The Hall–Kier alpha value is -5.38. The molecule has 0 bridgehead atoms. The van der Waals surface area contributed by atoms with Gasteiger partial charge in [0.05, 0.1) is 12.6 Å². The second-order valence-electron chi connectivity index (χ2n) is 9.48. The van der Waals surface area contributed by atoms with Crippen LogP contribution in [0.2, 0.25) is 0 Å². The quantitative estimate of drug-likeness (QED) is 0.287. The van der Waals surface area contributed by atoms with E-state index in [4.69, 9.17) is 14.2 Å². The van der Waals surface area contributed by atoms with E-state index in [1.807, 2.05) is 54.6 Å². The second kappa shape index (κ2) is 11.4. The number of methoxy groups -OCH3 is 1. The minimum absolute atomic E-state index is 0.0908. The van der Waals surface area contributed by atoms with Crippen molar-refractivity contribution in [2.75, 3.05) is 19.2 Å². The van der Waals surface area contributed by atoms with Gasteiger partial charge in [0.25, 0.3) is 5.91 Å². The number of anilines is 1. The minimum atomic E-state index is -1.01. The minimum Gasteiger partial charge on any atom is -0.497 e. The summed E-state index contributed by atoms with van der Waals surface area (Å²) in [4.78, 5) is 29.8. The van der Waals surface area contributed by atoms with E-state index in [1.54, 1.807) is 59.2 Å². The van der Waals surface area contributed by atoms with Gasteiger partial charge in [0, 0.05) is 12.2 Å². The molecule has 1 aromatic heterocycles. The zero-order valence-corrected chi connectivity index (χ0v) is 22.3. The van der Waals surface area contributed by atoms with Crippen LogP contribution >= 0.6 is 0 Å². The summed E-state index contributed by atoms with van der Waals surface area (Å²) in [6, 6.07) is 28.3. The highest BCUT2D eigenvalue weighted by Crippen LogP contribution is 2.36. The van der Waals surface area contributed by atoms with Crippen LogP contribution < -0.4 is 19.5 Å². The molecule has 2 amide bonds. The molecule has 0 radical (unpaired) electrons. The first-order valence-electron chi connectivity index (χ1n) is 13.0. The molecule has 1 N–H and O–H groups in total. The number of carbonyl (C=O) groups is 2. The maximum absolute atomic E-state index is 14.1. The topological polar surface area (TPSA) is 108 Å². The fraction of sp³-hybridized carbons (Fsp3) is 0.161. The molecule has 10 nitrogen and oxygen atoms in total. The van der Waals surface area contributed by atoms with Crippen molar-refractivity contribution in [2.24, 2.45) is 0 Å². The SMILES string of the molecule is COc1ccc(NC(=O)C(c2ccc3c(c2)OCO3)N(Cc2ccccc2)C(=O)Cn2nnc3ccccc32)cc1. The number of hydrogen-bond acceptors (Lipinski definition) is 7. The summed E-state index contributed by atoms with van der Waals surface area (Å²) in [5.41, 5.74) is 3.42. The first-order valence-corrected chi connectivity index (χ1v) is 13.0. The van der Waals surface area contributed by atoms with Crippen molar-refractivity contribution in [1.82, 2.24) is 19.9 Å². The number of nitrogens with one attached hydrogen (secondary N) is 1. The number of fused-ring (bicyclic) bond motifs is 2. The highest BCUT2D eigenvalue weighted by atomic mass is 16.7. The first-order chi connectivity index (χ1) is 20.1. The molecule has 0 saturated carbocycles. The molecule has 1 aliphatic rings. The van der Waals surface area contributed by atoms with E-state index < -0.39 is 6.04 Å². The molecular formula is C31H27N5O5. The predicted octanol–water partition coefficient (Wildman–Crippen LogP) is 4.58. The normalized spacial score (nSPS) is 12.6. The summed E-state index contributed by atoms with van der Waals surface area (Å²) in [5, 5.41) is 11.4. The molecule has 4 aromatic carbocycles. The number of ether oxygens (including phenoxy) is 3. The third-order valence-corrected chi connectivity index (χ3v) is 6.85. The first kappa shape index (κ1) is 25.9. The Balaban J connectivity index is 1.40. The Bertz CT molecular complexity index is 1690. The molecule has 206 valence electrons. The Morgan fingerprint density at radius 1 is 0.951 bits per heavy atom. The Morgan fingerprint density at radius 2 is 1.71 bits per heavy atom. The summed E-state index contributed by atoms with van der Waals surface area (Å²) >= 11 is 0. The highest BCUT2D eigenvalue weighted by Gasteiger charge is 2.33. The number of aromatic nitrogens is 3. The molecule has 0 spiro atoms. The van der Waals surface area contributed by atoms with Gasteiger partial charge in [-0.25, -0.2) is 4.68 Å². The highest BCUT2D eigenvalue weighted by molar-refractivity contribution is 5.98. The van der Waals surface area contributed by atoms with Gasteiger partial charge in [-0.2, -0.15) is 0 Å². The van der Waals surface area contributed by atoms with E-state index in [9.17, 15) is 9.59 Å². The summed E-state index contributed by atoms with van der Waals surface area (Å²) in [5.74, 6) is 1.06. The Labute approximate surface area is 236 Å². The molecule has 5 aromatic rings. The van der Waals surface area contributed by atoms with Crippen LogP contribution in [0.25, 0.3) is 11.0 Å². The van der Waals surface area contributed by atoms with E-state index in [0.717, 1.165) is 11.1 Å². The van der Waals surface area contributed by atoms with Crippen molar-refractivity contribution in [1.29, 1.82) is 0 Å². The van der Waals surface area contributed by atoms with Crippen LogP contribution in [0.5, 0.6) is 17.2 Å². The molecule has 0 saturated heterocycles. The van der Waals surface area contributed by atoms with Gasteiger partial charge in [0.2, 0.25) is 12.7 Å². The van der Waals surface area contributed by atoms with Gasteiger partial charge in [0.1, 0.15) is 23.9 Å². The van der Waals surface area contributed by atoms with Gasteiger partial charge in [-0.1, -0.05) is 53.7 Å².